The molecule has 0 aliphatic rings. The van der Waals surface area contributed by atoms with Gasteiger partial charge >= 0.3 is 5.69 Å². The van der Waals surface area contributed by atoms with Crippen LogP contribution in [0.3, 0.4) is 0 Å². The van der Waals surface area contributed by atoms with Crippen molar-refractivity contribution >= 4 is 28.4 Å². The summed E-state index contributed by atoms with van der Waals surface area (Å²) in [5.74, 6) is -0.760. The summed E-state index contributed by atoms with van der Waals surface area (Å²) < 4.78 is 22.2. The van der Waals surface area contributed by atoms with E-state index in [1.807, 2.05) is 6.07 Å². The minimum Gasteiger partial charge on any atom is -0.496 e. The third-order valence-corrected chi connectivity index (χ3v) is 7.30. The molecule has 2 heterocycles. The molecule has 0 aliphatic heterocycles. The number of nitriles is 1. The van der Waals surface area contributed by atoms with Gasteiger partial charge in [-0.1, -0.05) is 17.7 Å². The summed E-state index contributed by atoms with van der Waals surface area (Å²) in [7, 11) is 4.67. The van der Waals surface area contributed by atoms with Crippen molar-refractivity contribution in [1.29, 1.82) is 5.26 Å². The van der Waals surface area contributed by atoms with Crippen molar-refractivity contribution in [2.24, 2.45) is 0 Å². The average Bonchev–Trinajstić information content (AvgIpc) is 2.99. The maximum Gasteiger partial charge on any atom is 0.336 e. The highest BCUT2D eigenvalue weighted by Gasteiger charge is 2.22. The summed E-state index contributed by atoms with van der Waals surface area (Å²) in [5.41, 5.74) is 1.51. The molecule has 0 aliphatic carbocycles. The van der Waals surface area contributed by atoms with Crippen LogP contribution in [0.2, 0.25) is 5.02 Å². The molecule has 0 unspecified atom stereocenters. The van der Waals surface area contributed by atoms with Crippen molar-refractivity contribution in [2.45, 2.75) is 13.5 Å². The number of hydrogen-bond acceptors (Lipinski definition) is 6. The fourth-order valence-electron chi connectivity index (χ4n) is 4.89. The van der Waals surface area contributed by atoms with Crippen molar-refractivity contribution < 1.29 is 13.9 Å². The lowest BCUT2D eigenvalue weighted by atomic mass is 10.00. The number of rotatable bonds is 6. The molecule has 43 heavy (non-hydrogen) atoms. The molecule has 0 radical (unpaired) electrons. The lowest BCUT2D eigenvalue weighted by Crippen LogP contribution is -2.39. The highest BCUT2D eigenvalue weighted by molar-refractivity contribution is 6.33. The Balaban J connectivity index is 1.87. The smallest absolute Gasteiger partial charge is 0.336 e. The number of ether oxygens (including phenoxy) is 1. The zero-order valence-corrected chi connectivity index (χ0v) is 24.4. The van der Waals surface area contributed by atoms with E-state index < -0.39 is 17.1 Å². The van der Waals surface area contributed by atoms with E-state index in [9.17, 15) is 24.0 Å². The first-order valence-electron chi connectivity index (χ1n) is 13.0. The van der Waals surface area contributed by atoms with E-state index >= 15 is 0 Å². The summed E-state index contributed by atoms with van der Waals surface area (Å²) in [6, 6.07) is 15.5. The van der Waals surface area contributed by atoms with E-state index in [1.54, 1.807) is 63.6 Å². The van der Waals surface area contributed by atoms with Gasteiger partial charge in [-0.15, -0.1) is 0 Å². The number of hydrogen-bond donors (Lipinski definition) is 0. The van der Waals surface area contributed by atoms with Crippen molar-refractivity contribution in [2.75, 3.05) is 21.2 Å². The van der Waals surface area contributed by atoms with Crippen molar-refractivity contribution in [3.05, 3.63) is 121 Å². The number of fused-ring (bicyclic) bond motifs is 1. The van der Waals surface area contributed by atoms with Crippen molar-refractivity contribution in [1.82, 2.24) is 19.0 Å². The predicted octanol–water partition coefficient (Wildman–Crippen LogP) is 4.95. The second kappa shape index (κ2) is 11.5. The van der Waals surface area contributed by atoms with Gasteiger partial charge in [0.1, 0.15) is 23.0 Å². The summed E-state index contributed by atoms with van der Waals surface area (Å²) in [6.45, 7) is 1.68. The van der Waals surface area contributed by atoms with Crippen LogP contribution in [-0.4, -0.2) is 46.1 Å². The van der Waals surface area contributed by atoms with Crippen LogP contribution < -0.4 is 16.0 Å². The number of benzene rings is 3. The zero-order chi connectivity index (χ0) is 31.0. The number of aromatic nitrogens is 3. The van der Waals surface area contributed by atoms with Crippen LogP contribution in [-0.2, 0) is 6.54 Å². The van der Waals surface area contributed by atoms with Gasteiger partial charge in [-0.3, -0.25) is 19.1 Å². The van der Waals surface area contributed by atoms with Crippen LogP contribution >= 0.6 is 11.6 Å². The SMILES string of the molecule is COc1cc(-c2cc(C(=O)N(C)C)ccc2Cl)cc2c1c(=O)n(-c1cncc(C)c1)c(=O)n2Cc1ccc(F)c(C#N)c1. The molecule has 11 heteroatoms. The lowest BCUT2D eigenvalue weighted by Gasteiger charge is -2.18. The van der Waals surface area contributed by atoms with Gasteiger partial charge in [-0.05, 0) is 72.1 Å². The van der Waals surface area contributed by atoms with Crippen LogP contribution in [0.15, 0.2) is 76.6 Å². The Kier molecular flexibility index (Phi) is 7.85. The maximum absolute atomic E-state index is 14.1. The number of aryl methyl sites for hydroxylation is 1. The number of halogens is 2. The van der Waals surface area contributed by atoms with Gasteiger partial charge in [0.2, 0.25) is 0 Å². The molecule has 5 aromatic rings. The minimum atomic E-state index is -0.690. The summed E-state index contributed by atoms with van der Waals surface area (Å²) in [6.07, 6.45) is 3.01. The minimum absolute atomic E-state index is 0.103. The molecule has 3 aromatic carbocycles. The number of nitrogens with zero attached hydrogens (tertiary/aromatic N) is 5. The summed E-state index contributed by atoms with van der Waals surface area (Å²) >= 11 is 6.59. The topological polar surface area (TPSA) is 110 Å². The molecule has 0 N–H and O–H groups in total. The van der Waals surface area contributed by atoms with Crippen LogP contribution in [0.25, 0.3) is 27.7 Å². The van der Waals surface area contributed by atoms with E-state index in [0.29, 0.717) is 27.3 Å². The Hall–Kier alpha value is -5.27. The van der Waals surface area contributed by atoms with Gasteiger partial charge in [0, 0.05) is 36.4 Å². The van der Waals surface area contributed by atoms with E-state index in [0.717, 1.165) is 16.2 Å². The predicted molar refractivity (Wildman–Crippen MR) is 162 cm³/mol. The molecule has 0 saturated carbocycles. The number of carbonyl (C=O) groups excluding carboxylic acids is 1. The quantitative estimate of drug-likeness (QED) is 0.274. The monoisotopic (exact) mass is 597 g/mol. The van der Waals surface area contributed by atoms with Crippen molar-refractivity contribution in [3.8, 4) is 28.6 Å². The van der Waals surface area contributed by atoms with E-state index in [2.05, 4.69) is 4.98 Å². The standard InChI is InChI=1S/C32H25ClFN5O4/c1-18-9-23(16-36-15-18)39-31(41)29-27(38(32(39)42)17-19-5-8-26(34)22(10-19)14-35)12-21(13-28(29)43-4)24-11-20(6-7-25(24)33)30(40)37(2)3/h5-13,15-16H,17H2,1-4H3. The highest BCUT2D eigenvalue weighted by Crippen LogP contribution is 2.35. The summed E-state index contributed by atoms with van der Waals surface area (Å²) in [4.78, 5) is 46.4. The van der Waals surface area contributed by atoms with Crippen molar-refractivity contribution in [3.63, 3.8) is 0 Å². The Labute approximate surface area is 250 Å². The van der Waals surface area contributed by atoms with E-state index in [-0.39, 0.29) is 40.4 Å². The molecule has 9 nitrogen and oxygen atoms in total. The van der Waals surface area contributed by atoms with Gasteiger partial charge in [0.05, 0.1) is 36.6 Å². The van der Waals surface area contributed by atoms with E-state index in [1.165, 1.54) is 34.9 Å². The molecule has 5 rings (SSSR count). The number of carbonyl (C=O) groups is 1. The number of amides is 1. The summed E-state index contributed by atoms with van der Waals surface area (Å²) in [5, 5.41) is 9.81. The maximum atomic E-state index is 14.1. The Morgan fingerprint density at radius 3 is 2.53 bits per heavy atom. The molecule has 0 fully saturated rings. The number of methoxy groups -OCH3 is 1. The molecule has 216 valence electrons. The highest BCUT2D eigenvalue weighted by atomic mass is 35.5. The van der Waals surface area contributed by atoms with Gasteiger partial charge in [0.25, 0.3) is 11.5 Å². The molecular weight excluding hydrogens is 573 g/mol. The molecule has 1 amide bonds. The Bertz CT molecular complexity index is 2100. The normalized spacial score (nSPS) is 10.9. The molecule has 0 atom stereocenters. The van der Waals surface area contributed by atoms with Gasteiger partial charge in [-0.25, -0.2) is 13.8 Å². The third kappa shape index (κ3) is 5.38. The fourth-order valence-corrected chi connectivity index (χ4v) is 5.11. The first kappa shape index (κ1) is 29.2. The average molecular weight is 598 g/mol. The van der Waals surface area contributed by atoms with Gasteiger partial charge in [0.15, 0.2) is 0 Å². The zero-order valence-electron chi connectivity index (χ0n) is 23.7. The third-order valence-electron chi connectivity index (χ3n) is 6.97. The first-order chi connectivity index (χ1) is 20.5. The van der Waals surface area contributed by atoms with Crippen LogP contribution in [0.5, 0.6) is 5.75 Å². The van der Waals surface area contributed by atoms with Crippen LogP contribution in [0.1, 0.15) is 27.0 Å². The number of pyridine rings is 1. The Morgan fingerprint density at radius 2 is 1.86 bits per heavy atom. The molecule has 0 saturated heterocycles. The largest absolute Gasteiger partial charge is 0.496 e. The van der Waals surface area contributed by atoms with Gasteiger partial charge < -0.3 is 9.64 Å². The molecule has 0 bridgehead atoms. The second-order valence-electron chi connectivity index (χ2n) is 10.1. The molecular formula is C32H25ClFN5O4. The first-order valence-corrected chi connectivity index (χ1v) is 13.4. The Morgan fingerprint density at radius 1 is 1.09 bits per heavy atom. The van der Waals surface area contributed by atoms with Crippen LogP contribution in [0.4, 0.5) is 4.39 Å². The molecule has 0 spiro atoms. The van der Waals surface area contributed by atoms with Crippen LogP contribution in [0, 0.1) is 24.1 Å². The lowest BCUT2D eigenvalue weighted by molar-refractivity contribution is 0.0827. The van der Waals surface area contributed by atoms with E-state index in [4.69, 9.17) is 16.3 Å². The second-order valence-corrected chi connectivity index (χ2v) is 10.5. The fraction of sp³-hybridized carbons (Fsp3) is 0.156. The molecule has 2 aromatic heterocycles. The van der Waals surface area contributed by atoms with Gasteiger partial charge in [-0.2, -0.15) is 5.26 Å².